The van der Waals surface area contributed by atoms with Crippen molar-refractivity contribution in [2.24, 2.45) is 5.73 Å². The van der Waals surface area contributed by atoms with Gasteiger partial charge in [0.25, 0.3) is 0 Å². The first-order valence-electron chi connectivity index (χ1n) is 9.54. The van der Waals surface area contributed by atoms with Crippen molar-refractivity contribution in [3.63, 3.8) is 0 Å². The number of carbonyl (C=O) groups is 1. The maximum Gasteiger partial charge on any atom is 0.248 e. The van der Waals surface area contributed by atoms with Gasteiger partial charge in [-0.3, -0.25) is 4.79 Å². The lowest BCUT2D eigenvalue weighted by Crippen LogP contribution is -2.34. The Balaban J connectivity index is 1.46. The van der Waals surface area contributed by atoms with E-state index in [1.54, 1.807) is 30.9 Å². The van der Waals surface area contributed by atoms with Gasteiger partial charge < -0.3 is 19.8 Å². The molecule has 4 heterocycles. The minimum absolute atomic E-state index is 0.361. The smallest absolute Gasteiger partial charge is 0.248 e. The Bertz CT molecular complexity index is 941. The van der Waals surface area contributed by atoms with Gasteiger partial charge in [-0.15, -0.1) is 10.2 Å². The summed E-state index contributed by atoms with van der Waals surface area (Å²) in [4.78, 5) is 22.1. The summed E-state index contributed by atoms with van der Waals surface area (Å²) in [5.74, 6) is 2.73. The number of nitrogens with zero attached hydrogens (tertiary/aromatic N) is 7. The first-order chi connectivity index (χ1) is 13.7. The van der Waals surface area contributed by atoms with Crippen LogP contribution in [0.2, 0.25) is 0 Å². The molecule has 1 aliphatic heterocycles. The van der Waals surface area contributed by atoms with E-state index in [0.717, 1.165) is 49.9 Å². The molecule has 0 bridgehead atoms. The van der Waals surface area contributed by atoms with Crippen LogP contribution < -0.4 is 10.6 Å². The lowest BCUT2D eigenvalue weighted by molar-refractivity contribution is 0.1000. The summed E-state index contributed by atoms with van der Waals surface area (Å²) in [7, 11) is 0. The second-order valence-electron chi connectivity index (χ2n) is 6.98. The number of primary amides is 1. The molecule has 0 atom stereocenters. The fraction of sp³-hybridized carbons (Fsp3) is 0.421. The van der Waals surface area contributed by atoms with Crippen molar-refractivity contribution in [2.45, 2.75) is 38.8 Å². The van der Waals surface area contributed by atoms with Crippen molar-refractivity contribution in [2.75, 3.05) is 18.0 Å². The van der Waals surface area contributed by atoms with E-state index >= 15 is 0 Å². The highest BCUT2D eigenvalue weighted by Gasteiger charge is 2.26. The zero-order valence-corrected chi connectivity index (χ0v) is 15.9. The van der Waals surface area contributed by atoms with Gasteiger partial charge in [-0.1, -0.05) is 0 Å². The van der Waals surface area contributed by atoms with Gasteiger partial charge in [-0.2, -0.15) is 0 Å². The van der Waals surface area contributed by atoms with E-state index in [0.29, 0.717) is 18.0 Å². The van der Waals surface area contributed by atoms with E-state index in [-0.39, 0.29) is 0 Å². The number of piperidine rings is 1. The van der Waals surface area contributed by atoms with Crippen LogP contribution in [0.3, 0.4) is 0 Å². The molecule has 28 heavy (non-hydrogen) atoms. The number of hydrogen-bond donors (Lipinski definition) is 1. The predicted molar refractivity (Wildman–Crippen MR) is 104 cm³/mol. The number of carbonyl (C=O) groups excluding carboxylic acids is 1. The Hall–Kier alpha value is -3.23. The molecule has 0 saturated carbocycles. The van der Waals surface area contributed by atoms with Crippen molar-refractivity contribution in [1.82, 2.24) is 29.3 Å². The van der Waals surface area contributed by atoms with Crippen molar-refractivity contribution >= 4 is 11.7 Å². The first kappa shape index (κ1) is 18.1. The summed E-state index contributed by atoms with van der Waals surface area (Å²) >= 11 is 0. The predicted octanol–water partition coefficient (Wildman–Crippen LogP) is 1.42. The van der Waals surface area contributed by atoms with Crippen LogP contribution in [0.5, 0.6) is 0 Å². The molecule has 2 N–H and O–H groups in total. The van der Waals surface area contributed by atoms with Gasteiger partial charge in [0, 0.05) is 49.7 Å². The fourth-order valence-corrected chi connectivity index (χ4v) is 3.77. The van der Waals surface area contributed by atoms with Crippen molar-refractivity contribution in [3.8, 4) is 0 Å². The summed E-state index contributed by atoms with van der Waals surface area (Å²) in [5.41, 5.74) is 5.87. The molecule has 0 radical (unpaired) electrons. The third kappa shape index (κ3) is 3.60. The van der Waals surface area contributed by atoms with E-state index in [2.05, 4.69) is 36.6 Å². The largest absolute Gasteiger partial charge is 0.366 e. The molecular weight excluding hydrogens is 356 g/mol. The van der Waals surface area contributed by atoms with E-state index in [4.69, 9.17) is 5.73 Å². The second-order valence-corrected chi connectivity index (χ2v) is 6.98. The van der Waals surface area contributed by atoms with Crippen molar-refractivity contribution in [1.29, 1.82) is 0 Å². The number of amides is 1. The van der Waals surface area contributed by atoms with Crippen molar-refractivity contribution < 1.29 is 4.79 Å². The van der Waals surface area contributed by atoms with E-state index in [1.165, 1.54) is 0 Å². The van der Waals surface area contributed by atoms with Gasteiger partial charge in [0.2, 0.25) is 5.91 Å². The summed E-state index contributed by atoms with van der Waals surface area (Å²) < 4.78 is 4.21. The van der Waals surface area contributed by atoms with Crippen LogP contribution in [0.1, 0.15) is 47.7 Å². The van der Waals surface area contributed by atoms with E-state index in [1.807, 2.05) is 10.8 Å². The maximum atomic E-state index is 11.4. The topological polar surface area (TPSA) is 108 Å². The number of rotatable bonds is 6. The zero-order valence-electron chi connectivity index (χ0n) is 15.9. The Morgan fingerprint density at radius 2 is 2.07 bits per heavy atom. The SMILES string of the molecule is CCn1c(Cn2ccnc2)nnc1C1CCN(c2cc(C(N)=O)ccn2)CC1. The minimum Gasteiger partial charge on any atom is -0.366 e. The average molecular weight is 380 g/mol. The molecule has 1 aliphatic rings. The summed E-state index contributed by atoms with van der Waals surface area (Å²) in [6.07, 6.45) is 9.06. The number of aromatic nitrogens is 6. The quantitative estimate of drug-likeness (QED) is 0.693. The third-order valence-corrected chi connectivity index (χ3v) is 5.27. The molecule has 0 spiro atoms. The Morgan fingerprint density at radius 1 is 1.25 bits per heavy atom. The molecule has 0 aromatic carbocycles. The molecule has 1 saturated heterocycles. The number of pyridine rings is 1. The Morgan fingerprint density at radius 3 is 2.75 bits per heavy atom. The molecule has 146 valence electrons. The van der Waals surface area contributed by atoms with Gasteiger partial charge in [0.1, 0.15) is 11.6 Å². The van der Waals surface area contributed by atoms with Crippen LogP contribution in [0.15, 0.2) is 37.1 Å². The first-order valence-corrected chi connectivity index (χ1v) is 9.54. The number of hydrogen-bond acceptors (Lipinski definition) is 6. The minimum atomic E-state index is -0.431. The van der Waals surface area contributed by atoms with E-state index in [9.17, 15) is 4.79 Å². The highest BCUT2D eigenvalue weighted by atomic mass is 16.1. The molecule has 9 nitrogen and oxygen atoms in total. The Labute approximate surface area is 163 Å². The van der Waals surface area contributed by atoms with Gasteiger partial charge in [-0.05, 0) is 31.9 Å². The van der Waals surface area contributed by atoms with Crippen LogP contribution in [0.4, 0.5) is 5.82 Å². The summed E-state index contributed by atoms with van der Waals surface area (Å²) in [6, 6.07) is 3.41. The lowest BCUT2D eigenvalue weighted by atomic mass is 9.95. The highest BCUT2D eigenvalue weighted by Crippen LogP contribution is 2.29. The Kier molecular flexibility index (Phi) is 5.05. The summed E-state index contributed by atoms with van der Waals surface area (Å²) in [5, 5.41) is 8.94. The van der Waals surface area contributed by atoms with E-state index < -0.39 is 5.91 Å². The molecule has 0 unspecified atom stereocenters. The van der Waals surface area contributed by atoms with Gasteiger partial charge in [0.15, 0.2) is 5.82 Å². The number of imidazole rings is 1. The fourth-order valence-electron chi connectivity index (χ4n) is 3.77. The highest BCUT2D eigenvalue weighted by molar-refractivity contribution is 5.93. The molecule has 4 rings (SSSR count). The molecule has 3 aromatic rings. The average Bonchev–Trinajstić information content (AvgIpc) is 3.38. The van der Waals surface area contributed by atoms with Gasteiger partial charge in [-0.25, -0.2) is 9.97 Å². The van der Waals surface area contributed by atoms with Gasteiger partial charge in [0.05, 0.1) is 12.9 Å². The van der Waals surface area contributed by atoms with Crippen LogP contribution in [0, 0.1) is 0 Å². The van der Waals surface area contributed by atoms with Crippen molar-refractivity contribution in [3.05, 3.63) is 54.3 Å². The zero-order chi connectivity index (χ0) is 19.5. The summed E-state index contributed by atoms with van der Waals surface area (Å²) in [6.45, 7) is 5.34. The third-order valence-electron chi connectivity index (χ3n) is 5.27. The second kappa shape index (κ2) is 7.79. The maximum absolute atomic E-state index is 11.4. The van der Waals surface area contributed by atoms with Gasteiger partial charge >= 0.3 is 0 Å². The van der Waals surface area contributed by atoms with Crippen LogP contribution >= 0.6 is 0 Å². The molecule has 1 fully saturated rings. The molecule has 1 amide bonds. The van der Waals surface area contributed by atoms with Crippen LogP contribution in [-0.4, -0.2) is 48.3 Å². The molecule has 0 aliphatic carbocycles. The normalized spacial score (nSPS) is 15.1. The standard InChI is InChI=1S/C19H24N8O/c1-2-27-17(12-25-10-7-21-13-25)23-24-19(27)14-4-8-26(9-5-14)16-11-15(18(20)28)3-6-22-16/h3,6-7,10-11,13-14H,2,4-5,8-9,12H2,1H3,(H2,20,28). The van der Waals surface area contributed by atoms with Crippen LogP contribution in [0.25, 0.3) is 0 Å². The van der Waals surface area contributed by atoms with Crippen LogP contribution in [-0.2, 0) is 13.1 Å². The molecule has 3 aromatic heterocycles. The molecular formula is C19H24N8O. The molecule has 9 heteroatoms. The lowest BCUT2D eigenvalue weighted by Gasteiger charge is -2.32. The number of anilines is 1. The number of nitrogens with two attached hydrogens (primary N) is 1. The monoisotopic (exact) mass is 380 g/mol.